The Morgan fingerprint density at radius 3 is 2.55 bits per heavy atom. The summed E-state index contributed by atoms with van der Waals surface area (Å²) in [6, 6.07) is 24.7. The smallest absolute Gasteiger partial charge is 0.259 e. The highest BCUT2D eigenvalue weighted by atomic mass is 127. The molecule has 0 fully saturated rings. The molecule has 5 nitrogen and oxygen atoms in total. The van der Waals surface area contributed by atoms with Gasteiger partial charge in [-0.1, -0.05) is 48.0 Å². The van der Waals surface area contributed by atoms with Gasteiger partial charge in [0.2, 0.25) is 0 Å². The normalized spacial score (nSPS) is 11.2. The van der Waals surface area contributed by atoms with Gasteiger partial charge in [0.05, 0.1) is 12.8 Å². The third kappa shape index (κ3) is 5.52. The topological polar surface area (TPSA) is 58.4 Å². The van der Waals surface area contributed by atoms with Crippen molar-refractivity contribution in [3.63, 3.8) is 0 Å². The van der Waals surface area contributed by atoms with Gasteiger partial charge < -0.3 is 9.88 Å². The first-order valence-electron chi connectivity index (χ1n) is 10.0. The Labute approximate surface area is 195 Å². The second-order valence-electron chi connectivity index (χ2n) is 7.37. The first-order chi connectivity index (χ1) is 15.1. The number of para-hydroxylation sites is 1. The maximum atomic E-state index is 12.1. The van der Waals surface area contributed by atoms with Crippen molar-refractivity contribution in [3.8, 4) is 0 Å². The summed E-state index contributed by atoms with van der Waals surface area (Å²) in [5, 5.41) is 8.36. The van der Waals surface area contributed by atoms with Crippen LogP contribution in [0.15, 0.2) is 84.1 Å². The van der Waals surface area contributed by atoms with Gasteiger partial charge in [0.1, 0.15) is 0 Å². The number of hydrazone groups is 1. The van der Waals surface area contributed by atoms with Crippen LogP contribution in [0.25, 0.3) is 10.9 Å². The van der Waals surface area contributed by atoms with Crippen LogP contribution in [0.5, 0.6) is 0 Å². The summed E-state index contributed by atoms with van der Waals surface area (Å²) in [5.74, 6) is -0.196. The van der Waals surface area contributed by atoms with E-state index in [0.29, 0.717) is 0 Å². The number of anilines is 1. The molecule has 156 valence electrons. The lowest BCUT2D eigenvalue weighted by Crippen LogP contribution is -2.25. The molecule has 0 saturated heterocycles. The molecule has 0 aliphatic carbocycles. The molecular formula is C25H23IN4O. The Morgan fingerprint density at radius 2 is 1.77 bits per heavy atom. The molecule has 0 bridgehead atoms. The fourth-order valence-electron chi connectivity index (χ4n) is 3.36. The predicted octanol–water partition coefficient (Wildman–Crippen LogP) is 5.16. The number of hydrogen-bond acceptors (Lipinski definition) is 3. The summed E-state index contributed by atoms with van der Waals surface area (Å²) < 4.78 is 3.36. The highest BCUT2D eigenvalue weighted by Crippen LogP contribution is 2.21. The van der Waals surface area contributed by atoms with Gasteiger partial charge in [-0.2, -0.15) is 5.10 Å². The fraction of sp³-hybridized carbons (Fsp3) is 0.120. The number of hydrogen-bond donors (Lipinski definition) is 2. The average molecular weight is 522 g/mol. The van der Waals surface area contributed by atoms with Crippen molar-refractivity contribution in [2.75, 3.05) is 11.9 Å². The minimum absolute atomic E-state index is 0.160. The summed E-state index contributed by atoms with van der Waals surface area (Å²) in [7, 11) is 0. The second kappa shape index (κ2) is 9.78. The van der Waals surface area contributed by atoms with Crippen molar-refractivity contribution in [2.24, 2.45) is 5.10 Å². The van der Waals surface area contributed by atoms with Gasteiger partial charge in [0.25, 0.3) is 5.91 Å². The second-order valence-corrected chi connectivity index (χ2v) is 8.61. The molecule has 0 unspecified atom stereocenters. The van der Waals surface area contributed by atoms with Gasteiger partial charge in [-0.25, -0.2) is 5.43 Å². The molecule has 1 aromatic heterocycles. The van der Waals surface area contributed by atoms with Crippen LogP contribution in [0.3, 0.4) is 0 Å². The van der Waals surface area contributed by atoms with E-state index in [1.165, 1.54) is 11.1 Å². The van der Waals surface area contributed by atoms with Crippen LogP contribution in [-0.4, -0.2) is 23.2 Å². The molecule has 0 radical (unpaired) electrons. The van der Waals surface area contributed by atoms with Gasteiger partial charge in [-0.3, -0.25) is 4.79 Å². The van der Waals surface area contributed by atoms with Gasteiger partial charge in [0.15, 0.2) is 0 Å². The monoisotopic (exact) mass is 522 g/mol. The van der Waals surface area contributed by atoms with Crippen LogP contribution >= 0.6 is 22.6 Å². The lowest BCUT2D eigenvalue weighted by molar-refractivity contribution is -0.119. The minimum atomic E-state index is -0.196. The zero-order valence-electron chi connectivity index (χ0n) is 17.2. The number of carbonyl (C=O) groups is 1. The predicted molar refractivity (Wildman–Crippen MR) is 136 cm³/mol. The van der Waals surface area contributed by atoms with Crippen molar-refractivity contribution >= 4 is 51.3 Å². The highest BCUT2D eigenvalue weighted by molar-refractivity contribution is 14.1. The number of amides is 1. The molecule has 2 N–H and O–H groups in total. The number of nitrogens with one attached hydrogen (secondary N) is 2. The van der Waals surface area contributed by atoms with E-state index in [-0.39, 0.29) is 12.5 Å². The van der Waals surface area contributed by atoms with Crippen molar-refractivity contribution in [1.82, 2.24) is 9.99 Å². The summed E-state index contributed by atoms with van der Waals surface area (Å²) in [6.07, 6.45) is 3.78. The lowest BCUT2D eigenvalue weighted by Gasteiger charge is -2.06. The third-order valence-electron chi connectivity index (χ3n) is 4.98. The van der Waals surface area contributed by atoms with Crippen LogP contribution in [0.4, 0.5) is 5.69 Å². The van der Waals surface area contributed by atoms with Crippen molar-refractivity contribution in [1.29, 1.82) is 0 Å². The Kier molecular flexibility index (Phi) is 6.66. The molecular weight excluding hydrogens is 499 g/mol. The standard InChI is InChI=1S/C25H23IN4O/c1-18-6-8-19(9-7-18)16-30-17-20(23-4-2-3-5-24(23)30)14-28-29-25(31)15-27-22-12-10-21(26)11-13-22/h2-14,17,27H,15-16H2,1H3,(H,29,31)/b28-14+. The number of carbonyl (C=O) groups excluding carboxylic acids is 1. The van der Waals surface area contributed by atoms with E-state index in [0.717, 1.165) is 32.3 Å². The van der Waals surface area contributed by atoms with Crippen molar-refractivity contribution < 1.29 is 4.79 Å². The summed E-state index contributed by atoms with van der Waals surface area (Å²) in [6.45, 7) is 3.03. The number of aryl methyl sites for hydroxylation is 1. The van der Waals surface area contributed by atoms with Crippen LogP contribution in [0.1, 0.15) is 16.7 Å². The fourth-order valence-corrected chi connectivity index (χ4v) is 3.72. The van der Waals surface area contributed by atoms with Crippen LogP contribution < -0.4 is 10.7 Å². The van der Waals surface area contributed by atoms with E-state index in [4.69, 9.17) is 0 Å². The van der Waals surface area contributed by atoms with Gasteiger partial charge in [-0.05, 0) is 65.4 Å². The molecule has 0 saturated carbocycles. The summed E-state index contributed by atoms with van der Waals surface area (Å²) in [5.41, 5.74) is 8.09. The van der Waals surface area contributed by atoms with Gasteiger partial charge in [-0.15, -0.1) is 0 Å². The average Bonchev–Trinajstić information content (AvgIpc) is 3.12. The quantitative estimate of drug-likeness (QED) is 0.200. The van der Waals surface area contributed by atoms with E-state index in [2.05, 4.69) is 92.5 Å². The van der Waals surface area contributed by atoms with E-state index in [1.807, 2.05) is 36.4 Å². The molecule has 3 aromatic carbocycles. The molecule has 0 aliphatic heterocycles. The molecule has 6 heteroatoms. The first-order valence-corrected chi connectivity index (χ1v) is 11.1. The Morgan fingerprint density at radius 1 is 1.03 bits per heavy atom. The SMILES string of the molecule is Cc1ccc(Cn2cc(/C=N/NC(=O)CNc3ccc(I)cc3)c3ccccc32)cc1. The van der Waals surface area contributed by atoms with Crippen molar-refractivity contribution in [2.45, 2.75) is 13.5 Å². The number of aromatic nitrogens is 1. The number of benzene rings is 3. The Balaban J connectivity index is 1.42. The molecule has 1 heterocycles. The summed E-state index contributed by atoms with van der Waals surface area (Å²) >= 11 is 2.25. The summed E-state index contributed by atoms with van der Waals surface area (Å²) in [4.78, 5) is 12.1. The molecule has 1 amide bonds. The largest absolute Gasteiger partial charge is 0.376 e. The third-order valence-corrected chi connectivity index (χ3v) is 5.70. The van der Waals surface area contributed by atoms with Crippen LogP contribution in [0, 0.1) is 10.5 Å². The van der Waals surface area contributed by atoms with Crippen LogP contribution in [0.2, 0.25) is 0 Å². The van der Waals surface area contributed by atoms with Gasteiger partial charge >= 0.3 is 0 Å². The Hall–Kier alpha value is -3.13. The first kappa shape index (κ1) is 21.1. The van der Waals surface area contributed by atoms with Crippen LogP contribution in [-0.2, 0) is 11.3 Å². The molecule has 31 heavy (non-hydrogen) atoms. The number of rotatable bonds is 7. The van der Waals surface area contributed by atoms with E-state index < -0.39 is 0 Å². The maximum Gasteiger partial charge on any atom is 0.259 e. The van der Waals surface area contributed by atoms with E-state index in [1.54, 1.807) is 6.21 Å². The zero-order chi connectivity index (χ0) is 21.6. The maximum absolute atomic E-state index is 12.1. The molecule has 4 rings (SSSR count). The molecule has 4 aromatic rings. The highest BCUT2D eigenvalue weighted by Gasteiger charge is 2.07. The number of nitrogens with zero attached hydrogens (tertiary/aromatic N) is 2. The van der Waals surface area contributed by atoms with Crippen molar-refractivity contribution in [3.05, 3.63) is 99.3 Å². The molecule has 0 aliphatic rings. The number of halogens is 1. The van der Waals surface area contributed by atoms with E-state index in [9.17, 15) is 4.79 Å². The number of fused-ring (bicyclic) bond motifs is 1. The minimum Gasteiger partial charge on any atom is -0.376 e. The molecule has 0 atom stereocenters. The molecule has 0 spiro atoms. The van der Waals surface area contributed by atoms with E-state index >= 15 is 0 Å². The zero-order valence-corrected chi connectivity index (χ0v) is 19.3. The lowest BCUT2D eigenvalue weighted by atomic mass is 10.1. The Bertz CT molecular complexity index is 1210. The van der Waals surface area contributed by atoms with Gasteiger partial charge in [0, 0.05) is 38.5 Å².